The molecule has 1 heterocycles. The van der Waals surface area contributed by atoms with Gasteiger partial charge in [-0.1, -0.05) is 146 Å². The third-order valence-corrected chi connectivity index (χ3v) is 10.1. The summed E-state index contributed by atoms with van der Waals surface area (Å²) in [6, 6.07) is 54.7. The Balaban J connectivity index is 1.48. The maximum atomic E-state index is 15.8. The number of rotatable bonds is 5. The number of carbonyl (C=O) groups excluding carboxylic acids is 1. The van der Waals surface area contributed by atoms with E-state index in [1.54, 1.807) is 6.07 Å². The number of hydrogen-bond donors (Lipinski definition) is 0. The lowest BCUT2D eigenvalue weighted by Gasteiger charge is -2.46. The minimum atomic E-state index is -0.969. The van der Waals surface area contributed by atoms with E-state index in [0.29, 0.717) is 6.54 Å². The molecule has 0 aromatic heterocycles. The molecule has 0 saturated heterocycles. The molecule has 2 unspecified atom stereocenters. The molecule has 6 aromatic rings. The molecular formula is C44H30FNO. The molecule has 0 saturated carbocycles. The van der Waals surface area contributed by atoms with Crippen molar-refractivity contribution in [3.63, 3.8) is 0 Å². The maximum Gasteiger partial charge on any atom is 0.236 e. The van der Waals surface area contributed by atoms with Gasteiger partial charge in [-0.25, -0.2) is 4.39 Å². The third-order valence-electron chi connectivity index (χ3n) is 10.1. The molecule has 0 fully saturated rings. The minimum Gasteiger partial charge on any atom is -0.307 e. The molecule has 1 aliphatic heterocycles. The molecule has 0 bridgehead atoms. The molecule has 2 atom stereocenters. The molecule has 1 amide bonds. The summed E-state index contributed by atoms with van der Waals surface area (Å²) in [5.74, 6) is -0.893. The molecule has 9 rings (SSSR count). The van der Waals surface area contributed by atoms with Crippen molar-refractivity contribution in [3.8, 4) is 0 Å². The van der Waals surface area contributed by atoms with Gasteiger partial charge in [0.1, 0.15) is 5.82 Å². The summed E-state index contributed by atoms with van der Waals surface area (Å²) in [6.07, 6.45) is 0. The van der Waals surface area contributed by atoms with Crippen molar-refractivity contribution in [1.29, 1.82) is 0 Å². The van der Waals surface area contributed by atoms with E-state index in [1.807, 2.05) is 65.6 Å². The van der Waals surface area contributed by atoms with Gasteiger partial charge in [0.2, 0.25) is 5.91 Å². The van der Waals surface area contributed by atoms with E-state index < -0.39 is 11.3 Å². The molecular weight excluding hydrogens is 577 g/mol. The second-order valence-corrected chi connectivity index (χ2v) is 12.5. The van der Waals surface area contributed by atoms with Gasteiger partial charge in [-0.05, 0) is 79.4 Å². The minimum absolute atomic E-state index is 0.0190. The largest absolute Gasteiger partial charge is 0.307 e. The molecule has 3 heteroatoms. The van der Waals surface area contributed by atoms with E-state index in [9.17, 15) is 0 Å². The number of benzene rings is 6. The van der Waals surface area contributed by atoms with Crippen LogP contribution in [0.2, 0.25) is 0 Å². The van der Waals surface area contributed by atoms with Gasteiger partial charge in [-0.3, -0.25) is 4.79 Å². The zero-order chi connectivity index (χ0) is 31.5. The predicted octanol–water partition coefficient (Wildman–Crippen LogP) is 9.94. The predicted molar refractivity (Wildman–Crippen MR) is 188 cm³/mol. The summed E-state index contributed by atoms with van der Waals surface area (Å²) < 4.78 is 15.8. The van der Waals surface area contributed by atoms with Crippen molar-refractivity contribution >= 4 is 33.9 Å². The monoisotopic (exact) mass is 607 g/mol. The Labute approximate surface area is 273 Å². The van der Waals surface area contributed by atoms with Gasteiger partial charge >= 0.3 is 0 Å². The number of allylic oxidation sites excluding steroid dienone is 4. The summed E-state index contributed by atoms with van der Waals surface area (Å²) >= 11 is 0. The van der Waals surface area contributed by atoms with Crippen molar-refractivity contribution in [2.75, 3.05) is 4.90 Å². The fraction of sp³-hybridized carbons (Fsp3) is 0.0682. The van der Waals surface area contributed by atoms with E-state index in [4.69, 9.17) is 0 Å². The molecule has 3 aliphatic rings. The Bertz CT molecular complexity index is 2200. The van der Waals surface area contributed by atoms with Gasteiger partial charge < -0.3 is 4.90 Å². The lowest BCUT2D eigenvalue weighted by atomic mass is 9.60. The fourth-order valence-corrected chi connectivity index (χ4v) is 8.38. The Kier molecular flexibility index (Phi) is 6.23. The van der Waals surface area contributed by atoms with E-state index in [0.717, 1.165) is 66.9 Å². The highest BCUT2D eigenvalue weighted by Gasteiger charge is 2.65. The van der Waals surface area contributed by atoms with Crippen molar-refractivity contribution in [3.05, 3.63) is 209 Å². The summed E-state index contributed by atoms with van der Waals surface area (Å²) in [7, 11) is 0. The van der Waals surface area contributed by atoms with Crippen LogP contribution in [0.25, 0.3) is 22.3 Å². The number of halogens is 1. The Morgan fingerprint density at radius 3 is 1.74 bits per heavy atom. The van der Waals surface area contributed by atoms with Gasteiger partial charge in [-0.2, -0.15) is 0 Å². The first-order valence-electron chi connectivity index (χ1n) is 16.1. The van der Waals surface area contributed by atoms with Crippen molar-refractivity contribution in [1.82, 2.24) is 0 Å². The van der Waals surface area contributed by atoms with E-state index >= 15 is 9.18 Å². The Hall–Kier alpha value is -5.80. The van der Waals surface area contributed by atoms with Crippen LogP contribution in [0.4, 0.5) is 10.1 Å². The number of anilines is 1. The number of fused-ring (bicyclic) bond motifs is 4. The topological polar surface area (TPSA) is 20.3 Å². The van der Waals surface area contributed by atoms with Gasteiger partial charge in [0, 0.05) is 5.69 Å². The second-order valence-electron chi connectivity index (χ2n) is 12.5. The normalized spacial score (nSPS) is 19.4. The Morgan fingerprint density at radius 1 is 0.574 bits per heavy atom. The fourth-order valence-electron chi connectivity index (χ4n) is 8.38. The highest BCUT2D eigenvalue weighted by atomic mass is 19.1. The first kappa shape index (κ1) is 27.5. The van der Waals surface area contributed by atoms with Crippen LogP contribution in [0, 0.1) is 5.82 Å². The summed E-state index contributed by atoms with van der Waals surface area (Å²) in [5, 5.41) is 0. The average Bonchev–Trinajstić information content (AvgIpc) is 3.60. The van der Waals surface area contributed by atoms with E-state index in [2.05, 4.69) is 91.0 Å². The lowest BCUT2D eigenvalue weighted by Crippen LogP contribution is -2.48. The molecule has 47 heavy (non-hydrogen) atoms. The number of amides is 1. The van der Waals surface area contributed by atoms with Crippen LogP contribution >= 0.6 is 0 Å². The van der Waals surface area contributed by atoms with Crippen LogP contribution in [0.3, 0.4) is 0 Å². The highest BCUT2D eigenvalue weighted by Crippen LogP contribution is 2.73. The van der Waals surface area contributed by atoms with E-state index in [-0.39, 0.29) is 11.7 Å². The highest BCUT2D eigenvalue weighted by molar-refractivity contribution is 6.35. The zero-order valence-corrected chi connectivity index (χ0v) is 25.6. The third kappa shape index (κ3) is 3.93. The number of hydrogen-bond acceptors (Lipinski definition) is 1. The van der Waals surface area contributed by atoms with Crippen LogP contribution in [-0.2, 0) is 16.8 Å². The zero-order valence-electron chi connectivity index (χ0n) is 25.6. The van der Waals surface area contributed by atoms with Crippen LogP contribution < -0.4 is 4.90 Å². The molecule has 224 valence electrons. The second kappa shape index (κ2) is 10.6. The Morgan fingerprint density at radius 2 is 1.11 bits per heavy atom. The standard InChI is InChI=1S/C44H30FNO/c45-33-25-26-37-36(27-33)44-40(32-21-11-4-12-22-32)38(30-17-7-2-8-18-30)39(31-19-9-3-10-20-31)41(44)34-23-13-14-24-35(34)42(44)43(47)46(37)28-29-15-5-1-6-16-29/h1-27,42H,28H2. The van der Waals surface area contributed by atoms with Crippen molar-refractivity contribution in [2.45, 2.75) is 17.9 Å². The van der Waals surface area contributed by atoms with Crippen LogP contribution in [-0.4, -0.2) is 5.91 Å². The quantitative estimate of drug-likeness (QED) is 0.191. The molecule has 2 nitrogen and oxygen atoms in total. The van der Waals surface area contributed by atoms with Crippen LogP contribution in [0.1, 0.15) is 44.9 Å². The number of nitrogens with zero attached hydrogens (tertiary/aromatic N) is 1. The molecule has 2 aliphatic carbocycles. The average molecular weight is 608 g/mol. The van der Waals surface area contributed by atoms with Gasteiger partial charge in [0.25, 0.3) is 0 Å². The van der Waals surface area contributed by atoms with Crippen molar-refractivity contribution in [2.24, 2.45) is 0 Å². The van der Waals surface area contributed by atoms with E-state index in [1.165, 1.54) is 6.07 Å². The number of carbonyl (C=O) groups is 1. The van der Waals surface area contributed by atoms with Gasteiger partial charge in [0.15, 0.2) is 0 Å². The first-order chi connectivity index (χ1) is 23.2. The summed E-state index contributed by atoms with van der Waals surface area (Å²) in [5.41, 5.74) is 11.1. The smallest absolute Gasteiger partial charge is 0.236 e. The maximum absolute atomic E-state index is 15.8. The van der Waals surface area contributed by atoms with Gasteiger partial charge in [0.05, 0.1) is 17.9 Å². The summed E-state index contributed by atoms with van der Waals surface area (Å²) in [4.78, 5) is 17.3. The van der Waals surface area contributed by atoms with Gasteiger partial charge in [-0.15, -0.1) is 0 Å². The summed E-state index contributed by atoms with van der Waals surface area (Å²) in [6.45, 7) is 0.396. The molecule has 6 aromatic carbocycles. The lowest BCUT2D eigenvalue weighted by molar-refractivity contribution is -0.121. The molecule has 0 radical (unpaired) electrons. The molecule has 1 spiro atoms. The molecule has 0 N–H and O–H groups in total. The first-order valence-corrected chi connectivity index (χ1v) is 16.1. The van der Waals surface area contributed by atoms with Crippen LogP contribution in [0.5, 0.6) is 0 Å². The van der Waals surface area contributed by atoms with Crippen LogP contribution in [0.15, 0.2) is 164 Å². The SMILES string of the molecule is O=C1C2c3ccccc3C3=C(c4ccccc4)C(c4ccccc4)=C(c4ccccc4)C32c2cc(F)ccc2N1Cc1ccccc1. The van der Waals surface area contributed by atoms with Crippen molar-refractivity contribution < 1.29 is 9.18 Å².